The number of hydrogen-bond acceptors (Lipinski definition) is 1. The SMILES string of the molecule is CCCc1ccc(CCC2CO2)cc1. The van der Waals surface area contributed by atoms with Gasteiger partial charge < -0.3 is 4.74 Å². The predicted molar refractivity (Wildman–Crippen MR) is 58.5 cm³/mol. The lowest BCUT2D eigenvalue weighted by Gasteiger charge is -2.02. The molecule has 1 nitrogen and oxygen atoms in total. The fourth-order valence-corrected chi connectivity index (χ4v) is 1.72. The summed E-state index contributed by atoms with van der Waals surface area (Å²) in [5.41, 5.74) is 2.90. The summed E-state index contributed by atoms with van der Waals surface area (Å²) < 4.78 is 5.19. The van der Waals surface area contributed by atoms with Crippen LogP contribution in [0.4, 0.5) is 0 Å². The molecule has 0 amide bonds. The first-order valence-corrected chi connectivity index (χ1v) is 5.58. The third-order valence-electron chi connectivity index (χ3n) is 2.72. The third-order valence-corrected chi connectivity index (χ3v) is 2.72. The van der Waals surface area contributed by atoms with Crippen molar-refractivity contribution in [3.8, 4) is 0 Å². The lowest BCUT2D eigenvalue weighted by molar-refractivity contribution is 0.397. The second kappa shape index (κ2) is 4.61. The first-order chi connectivity index (χ1) is 6.88. The highest BCUT2D eigenvalue weighted by molar-refractivity contribution is 5.22. The van der Waals surface area contributed by atoms with Gasteiger partial charge in [0.25, 0.3) is 0 Å². The maximum Gasteiger partial charge on any atom is 0.0813 e. The highest BCUT2D eigenvalue weighted by atomic mass is 16.6. The Morgan fingerprint density at radius 2 is 1.71 bits per heavy atom. The van der Waals surface area contributed by atoms with Crippen molar-refractivity contribution in [2.45, 2.75) is 38.7 Å². The highest BCUT2D eigenvalue weighted by Gasteiger charge is 2.21. The van der Waals surface area contributed by atoms with Crippen LogP contribution in [0.15, 0.2) is 24.3 Å². The molecular weight excluding hydrogens is 172 g/mol. The van der Waals surface area contributed by atoms with Gasteiger partial charge in [-0.3, -0.25) is 0 Å². The van der Waals surface area contributed by atoms with E-state index in [9.17, 15) is 0 Å². The van der Waals surface area contributed by atoms with Crippen molar-refractivity contribution in [3.63, 3.8) is 0 Å². The minimum Gasteiger partial charge on any atom is -0.373 e. The summed E-state index contributed by atoms with van der Waals surface area (Å²) in [5.74, 6) is 0. The zero-order valence-electron chi connectivity index (χ0n) is 8.83. The quantitative estimate of drug-likeness (QED) is 0.650. The van der Waals surface area contributed by atoms with Crippen molar-refractivity contribution in [2.75, 3.05) is 6.61 Å². The summed E-state index contributed by atoms with van der Waals surface area (Å²) >= 11 is 0. The van der Waals surface area contributed by atoms with E-state index in [1.165, 1.54) is 30.4 Å². The van der Waals surface area contributed by atoms with E-state index >= 15 is 0 Å². The molecule has 1 aromatic carbocycles. The molecule has 1 aliphatic heterocycles. The average molecular weight is 190 g/mol. The number of aryl methyl sites for hydroxylation is 2. The van der Waals surface area contributed by atoms with Crippen LogP contribution in [0.1, 0.15) is 30.9 Å². The first kappa shape index (κ1) is 9.72. The predicted octanol–water partition coefficient (Wildman–Crippen LogP) is 2.97. The molecule has 0 bridgehead atoms. The molecule has 0 N–H and O–H groups in total. The molecule has 14 heavy (non-hydrogen) atoms. The van der Waals surface area contributed by atoms with Crippen LogP contribution in [0.5, 0.6) is 0 Å². The Kier molecular flexibility index (Phi) is 3.20. The maximum atomic E-state index is 5.19. The largest absolute Gasteiger partial charge is 0.373 e. The van der Waals surface area contributed by atoms with Gasteiger partial charge in [0, 0.05) is 0 Å². The molecule has 1 unspecified atom stereocenters. The van der Waals surface area contributed by atoms with Gasteiger partial charge in [-0.15, -0.1) is 0 Å². The Labute approximate surface area is 86.1 Å². The van der Waals surface area contributed by atoms with Gasteiger partial charge in [-0.2, -0.15) is 0 Å². The number of hydrogen-bond donors (Lipinski definition) is 0. The lowest BCUT2D eigenvalue weighted by atomic mass is 10.0. The molecule has 0 spiro atoms. The summed E-state index contributed by atoms with van der Waals surface area (Å²) in [5, 5.41) is 0. The van der Waals surface area contributed by atoms with E-state index in [1.807, 2.05) is 0 Å². The van der Waals surface area contributed by atoms with Gasteiger partial charge in [0.2, 0.25) is 0 Å². The minimum absolute atomic E-state index is 0.560. The molecule has 0 radical (unpaired) electrons. The van der Waals surface area contributed by atoms with Crippen LogP contribution >= 0.6 is 0 Å². The molecule has 76 valence electrons. The zero-order valence-corrected chi connectivity index (χ0v) is 8.83. The second-order valence-corrected chi connectivity index (χ2v) is 4.06. The van der Waals surface area contributed by atoms with Crippen LogP contribution in [0.2, 0.25) is 0 Å². The summed E-state index contributed by atoms with van der Waals surface area (Å²) in [6.07, 6.45) is 5.34. The van der Waals surface area contributed by atoms with Crippen molar-refractivity contribution in [1.29, 1.82) is 0 Å². The van der Waals surface area contributed by atoms with Crippen LogP contribution in [-0.4, -0.2) is 12.7 Å². The molecule has 0 aliphatic carbocycles. The fourth-order valence-electron chi connectivity index (χ4n) is 1.72. The first-order valence-electron chi connectivity index (χ1n) is 5.58. The summed E-state index contributed by atoms with van der Waals surface area (Å²) in [7, 11) is 0. The molecule has 0 aromatic heterocycles. The Balaban J connectivity index is 1.84. The van der Waals surface area contributed by atoms with Crippen LogP contribution in [-0.2, 0) is 17.6 Å². The molecule has 1 saturated heterocycles. The van der Waals surface area contributed by atoms with Crippen LogP contribution in [0.25, 0.3) is 0 Å². The van der Waals surface area contributed by atoms with E-state index in [1.54, 1.807) is 0 Å². The van der Waals surface area contributed by atoms with Crippen molar-refractivity contribution in [3.05, 3.63) is 35.4 Å². The van der Waals surface area contributed by atoms with Gasteiger partial charge in [-0.25, -0.2) is 0 Å². The number of ether oxygens (including phenoxy) is 1. The van der Waals surface area contributed by atoms with E-state index in [0.29, 0.717) is 6.10 Å². The Bertz CT molecular complexity index is 272. The smallest absolute Gasteiger partial charge is 0.0813 e. The van der Waals surface area contributed by atoms with Gasteiger partial charge in [0.15, 0.2) is 0 Å². The van der Waals surface area contributed by atoms with Crippen LogP contribution in [0, 0.1) is 0 Å². The van der Waals surface area contributed by atoms with Crippen LogP contribution in [0.3, 0.4) is 0 Å². The molecular formula is C13H18O. The standard InChI is InChI=1S/C13H18O/c1-2-3-11-4-6-12(7-5-11)8-9-13-10-14-13/h4-7,13H,2-3,8-10H2,1H3. The Hall–Kier alpha value is -0.820. The highest BCUT2D eigenvalue weighted by Crippen LogP contribution is 2.17. The molecule has 1 atom stereocenters. The number of epoxide rings is 1. The summed E-state index contributed by atoms with van der Waals surface area (Å²) in [6.45, 7) is 3.20. The molecule has 1 fully saturated rings. The summed E-state index contributed by atoms with van der Waals surface area (Å²) in [4.78, 5) is 0. The monoisotopic (exact) mass is 190 g/mol. The summed E-state index contributed by atoms with van der Waals surface area (Å²) in [6, 6.07) is 9.03. The second-order valence-electron chi connectivity index (χ2n) is 4.06. The van der Waals surface area contributed by atoms with Gasteiger partial charge in [0.1, 0.15) is 0 Å². The molecule has 1 heteroatoms. The fraction of sp³-hybridized carbons (Fsp3) is 0.538. The molecule has 1 aliphatic rings. The Morgan fingerprint density at radius 1 is 1.14 bits per heavy atom. The van der Waals surface area contributed by atoms with Crippen molar-refractivity contribution < 1.29 is 4.74 Å². The zero-order chi connectivity index (χ0) is 9.80. The van der Waals surface area contributed by atoms with Gasteiger partial charge in [0.05, 0.1) is 12.7 Å². The van der Waals surface area contributed by atoms with E-state index < -0.39 is 0 Å². The maximum absolute atomic E-state index is 5.19. The molecule has 2 rings (SSSR count). The van der Waals surface area contributed by atoms with Gasteiger partial charge in [-0.05, 0) is 30.4 Å². The number of rotatable bonds is 5. The van der Waals surface area contributed by atoms with Crippen molar-refractivity contribution in [2.24, 2.45) is 0 Å². The van der Waals surface area contributed by atoms with Crippen molar-refractivity contribution >= 4 is 0 Å². The van der Waals surface area contributed by atoms with E-state index in [-0.39, 0.29) is 0 Å². The van der Waals surface area contributed by atoms with Gasteiger partial charge in [-0.1, -0.05) is 37.6 Å². The third kappa shape index (κ3) is 2.85. The van der Waals surface area contributed by atoms with Crippen molar-refractivity contribution in [1.82, 2.24) is 0 Å². The normalized spacial score (nSPS) is 19.6. The van der Waals surface area contributed by atoms with E-state index in [0.717, 1.165) is 13.0 Å². The lowest BCUT2D eigenvalue weighted by Crippen LogP contribution is -1.91. The average Bonchev–Trinajstić information content (AvgIpc) is 3.01. The minimum atomic E-state index is 0.560. The molecule has 1 heterocycles. The Morgan fingerprint density at radius 3 is 2.21 bits per heavy atom. The topological polar surface area (TPSA) is 12.5 Å². The molecule has 1 aromatic rings. The van der Waals surface area contributed by atoms with E-state index in [4.69, 9.17) is 4.74 Å². The van der Waals surface area contributed by atoms with Crippen LogP contribution < -0.4 is 0 Å². The number of benzene rings is 1. The molecule has 0 saturated carbocycles. The van der Waals surface area contributed by atoms with Gasteiger partial charge >= 0.3 is 0 Å². The van der Waals surface area contributed by atoms with E-state index in [2.05, 4.69) is 31.2 Å².